The average molecular weight is 397 g/mol. The molecule has 10 heteroatoms. The lowest BCUT2D eigenvalue weighted by atomic mass is 10.2. The third-order valence-electron chi connectivity index (χ3n) is 3.44. The van der Waals surface area contributed by atoms with Crippen molar-refractivity contribution >= 4 is 34.5 Å². The summed E-state index contributed by atoms with van der Waals surface area (Å²) in [7, 11) is 0. The molecule has 0 aliphatic carbocycles. The summed E-state index contributed by atoms with van der Waals surface area (Å²) in [4.78, 5) is 24.0. The molecule has 0 unspecified atom stereocenters. The molecule has 142 valence electrons. The summed E-state index contributed by atoms with van der Waals surface area (Å²) in [6.45, 7) is 0. The number of hydrazone groups is 1. The van der Waals surface area contributed by atoms with Gasteiger partial charge in [0.05, 0.1) is 12.6 Å². The summed E-state index contributed by atoms with van der Waals surface area (Å²) in [5.74, 6) is -1.26. The van der Waals surface area contributed by atoms with E-state index in [1.807, 2.05) is 6.07 Å². The second kappa shape index (κ2) is 8.73. The molecule has 0 radical (unpaired) electrons. The predicted octanol–water partition coefficient (Wildman–Crippen LogP) is 1.89. The van der Waals surface area contributed by atoms with Crippen LogP contribution in [-0.2, 0) is 11.2 Å². The van der Waals surface area contributed by atoms with E-state index in [1.54, 1.807) is 24.3 Å². The highest BCUT2D eigenvalue weighted by Gasteiger charge is 2.12. The number of hydrogen-bond acceptors (Lipinski definition) is 8. The minimum Gasteiger partial charge on any atom is -0.504 e. The summed E-state index contributed by atoms with van der Waals surface area (Å²) in [5, 5.41) is 33.5. The van der Waals surface area contributed by atoms with Crippen molar-refractivity contribution in [3.63, 3.8) is 0 Å². The fourth-order valence-electron chi connectivity index (χ4n) is 2.11. The van der Waals surface area contributed by atoms with Gasteiger partial charge in [-0.3, -0.25) is 14.9 Å². The van der Waals surface area contributed by atoms with Gasteiger partial charge >= 0.3 is 0 Å². The lowest BCUT2D eigenvalue weighted by Crippen LogP contribution is -2.19. The van der Waals surface area contributed by atoms with Crippen LogP contribution in [0.2, 0.25) is 0 Å². The smallest absolute Gasteiger partial charge is 0.257 e. The van der Waals surface area contributed by atoms with E-state index in [9.17, 15) is 19.8 Å². The number of aromatic hydroxyl groups is 2. The van der Waals surface area contributed by atoms with Gasteiger partial charge in [-0.05, 0) is 35.9 Å². The number of nitrogens with zero attached hydrogens (tertiary/aromatic N) is 3. The van der Waals surface area contributed by atoms with Crippen LogP contribution in [0, 0.1) is 0 Å². The Morgan fingerprint density at radius 2 is 1.86 bits per heavy atom. The summed E-state index contributed by atoms with van der Waals surface area (Å²) in [6.07, 6.45) is 1.26. The van der Waals surface area contributed by atoms with Gasteiger partial charge in [0.25, 0.3) is 5.91 Å². The molecule has 0 bridgehead atoms. The molecule has 1 aromatic heterocycles. The van der Waals surface area contributed by atoms with Crippen LogP contribution in [0.25, 0.3) is 0 Å². The molecule has 0 aliphatic heterocycles. The predicted molar refractivity (Wildman–Crippen MR) is 104 cm³/mol. The van der Waals surface area contributed by atoms with E-state index in [0.717, 1.165) is 11.3 Å². The van der Waals surface area contributed by atoms with Crippen molar-refractivity contribution in [1.29, 1.82) is 0 Å². The molecule has 3 aromatic rings. The molecule has 0 spiro atoms. The molecule has 0 fully saturated rings. The minimum absolute atomic E-state index is 0.0585. The number of carbonyl (C=O) groups excluding carboxylic acids is 2. The first kappa shape index (κ1) is 19.0. The monoisotopic (exact) mass is 397 g/mol. The number of hydrogen-bond donors (Lipinski definition) is 4. The third-order valence-corrected chi connectivity index (χ3v) is 4.28. The lowest BCUT2D eigenvalue weighted by molar-refractivity contribution is -0.120. The molecule has 9 nitrogen and oxygen atoms in total. The first-order chi connectivity index (χ1) is 13.5. The average Bonchev–Trinajstić information content (AvgIpc) is 3.12. The Morgan fingerprint density at radius 1 is 1.07 bits per heavy atom. The number of phenols is 2. The number of amides is 2. The fourth-order valence-corrected chi connectivity index (χ4v) is 2.84. The Kier molecular flexibility index (Phi) is 5.92. The molecular weight excluding hydrogens is 382 g/mol. The highest BCUT2D eigenvalue weighted by molar-refractivity contribution is 7.15. The Hall–Kier alpha value is -3.79. The van der Waals surface area contributed by atoms with Gasteiger partial charge in [0.2, 0.25) is 11.0 Å². The van der Waals surface area contributed by atoms with Gasteiger partial charge in [-0.25, -0.2) is 5.43 Å². The van der Waals surface area contributed by atoms with Crippen molar-refractivity contribution in [3.05, 3.63) is 64.7 Å². The molecule has 2 amide bonds. The number of phenolic OH excluding ortho intramolecular Hbond substituents is 2. The molecule has 4 N–H and O–H groups in total. The maximum atomic E-state index is 12.1. The van der Waals surface area contributed by atoms with Crippen LogP contribution in [0.4, 0.5) is 5.13 Å². The van der Waals surface area contributed by atoms with Gasteiger partial charge in [0.15, 0.2) is 11.5 Å². The zero-order valence-corrected chi connectivity index (χ0v) is 15.2. The largest absolute Gasteiger partial charge is 0.504 e. The molecule has 3 rings (SSSR count). The van der Waals surface area contributed by atoms with Crippen molar-refractivity contribution in [2.45, 2.75) is 6.42 Å². The number of nitrogens with one attached hydrogen (secondary N) is 2. The van der Waals surface area contributed by atoms with Gasteiger partial charge in [0.1, 0.15) is 5.01 Å². The second-order valence-corrected chi connectivity index (χ2v) is 6.60. The zero-order chi connectivity index (χ0) is 19.9. The summed E-state index contributed by atoms with van der Waals surface area (Å²) < 4.78 is 0. The van der Waals surface area contributed by atoms with Crippen molar-refractivity contribution in [2.75, 3.05) is 5.32 Å². The Labute approximate surface area is 163 Å². The van der Waals surface area contributed by atoms with Gasteiger partial charge in [-0.15, -0.1) is 10.2 Å². The van der Waals surface area contributed by atoms with Gasteiger partial charge in [-0.2, -0.15) is 5.10 Å². The SMILES string of the molecule is O=C(Cc1nnc(NC(=O)c2ccccc2)s1)N/N=C/c1ccc(O)c(O)c1. The van der Waals surface area contributed by atoms with Crippen molar-refractivity contribution in [3.8, 4) is 11.5 Å². The number of benzene rings is 2. The van der Waals surface area contributed by atoms with Crippen LogP contribution in [0.1, 0.15) is 20.9 Å². The first-order valence-corrected chi connectivity index (χ1v) is 8.85. The van der Waals surface area contributed by atoms with Crippen molar-refractivity contribution < 1.29 is 19.8 Å². The normalized spacial score (nSPS) is 10.7. The van der Waals surface area contributed by atoms with E-state index in [0.29, 0.717) is 21.3 Å². The van der Waals surface area contributed by atoms with Crippen LogP contribution in [-0.4, -0.2) is 38.4 Å². The van der Waals surface area contributed by atoms with Crippen LogP contribution in [0.3, 0.4) is 0 Å². The van der Waals surface area contributed by atoms with Gasteiger partial charge < -0.3 is 10.2 Å². The van der Waals surface area contributed by atoms with Crippen LogP contribution < -0.4 is 10.7 Å². The van der Waals surface area contributed by atoms with Crippen LogP contribution in [0.15, 0.2) is 53.6 Å². The number of carbonyl (C=O) groups is 2. The zero-order valence-electron chi connectivity index (χ0n) is 14.4. The third kappa shape index (κ3) is 5.11. The Bertz CT molecular complexity index is 1020. The van der Waals surface area contributed by atoms with Crippen LogP contribution in [0.5, 0.6) is 11.5 Å². The molecule has 0 aliphatic rings. The molecule has 0 atom stereocenters. The lowest BCUT2D eigenvalue weighted by Gasteiger charge is -2.00. The molecule has 1 heterocycles. The summed E-state index contributed by atoms with van der Waals surface area (Å²) >= 11 is 1.09. The maximum Gasteiger partial charge on any atom is 0.257 e. The van der Waals surface area contributed by atoms with E-state index >= 15 is 0 Å². The van der Waals surface area contributed by atoms with E-state index in [-0.39, 0.29) is 23.8 Å². The fraction of sp³-hybridized carbons (Fsp3) is 0.0556. The van der Waals surface area contributed by atoms with E-state index < -0.39 is 5.91 Å². The van der Waals surface area contributed by atoms with Crippen molar-refractivity contribution in [1.82, 2.24) is 15.6 Å². The molecule has 0 saturated carbocycles. The highest BCUT2D eigenvalue weighted by atomic mass is 32.1. The van der Waals surface area contributed by atoms with Gasteiger partial charge in [-0.1, -0.05) is 29.5 Å². The van der Waals surface area contributed by atoms with E-state index in [2.05, 4.69) is 26.0 Å². The standard InChI is InChI=1S/C18H15N5O4S/c24-13-7-6-11(8-14(13)25)10-19-21-15(26)9-16-22-23-18(28-16)20-17(27)12-4-2-1-3-5-12/h1-8,10,24-25H,9H2,(H,21,26)(H,20,23,27)/b19-10+. The second-order valence-electron chi connectivity index (χ2n) is 5.54. The van der Waals surface area contributed by atoms with Crippen molar-refractivity contribution in [2.24, 2.45) is 5.10 Å². The van der Waals surface area contributed by atoms with E-state index in [4.69, 9.17) is 0 Å². The quantitative estimate of drug-likeness (QED) is 0.285. The number of rotatable bonds is 6. The molecular formula is C18H15N5O4S. The maximum absolute atomic E-state index is 12.1. The first-order valence-electron chi connectivity index (χ1n) is 8.04. The minimum atomic E-state index is -0.420. The molecule has 28 heavy (non-hydrogen) atoms. The number of anilines is 1. The Morgan fingerprint density at radius 3 is 2.61 bits per heavy atom. The summed E-state index contributed by atoms with van der Waals surface area (Å²) in [5.41, 5.74) is 3.32. The number of aromatic nitrogens is 2. The Balaban J connectivity index is 1.51. The molecule has 2 aromatic carbocycles. The topological polar surface area (TPSA) is 137 Å². The summed E-state index contributed by atoms with van der Waals surface area (Å²) in [6, 6.07) is 12.8. The highest BCUT2D eigenvalue weighted by Crippen LogP contribution is 2.24. The van der Waals surface area contributed by atoms with E-state index in [1.165, 1.54) is 24.4 Å². The van der Waals surface area contributed by atoms with Crippen LogP contribution >= 0.6 is 11.3 Å². The molecule has 0 saturated heterocycles. The van der Waals surface area contributed by atoms with Gasteiger partial charge in [0, 0.05) is 5.56 Å².